The van der Waals surface area contributed by atoms with Crippen LogP contribution in [0.5, 0.6) is 0 Å². The molecule has 7 nitrogen and oxygen atoms in total. The van der Waals surface area contributed by atoms with Crippen molar-refractivity contribution < 1.29 is 18.0 Å². The van der Waals surface area contributed by atoms with Crippen molar-refractivity contribution in [3.63, 3.8) is 0 Å². The maximum atomic E-state index is 12.8. The van der Waals surface area contributed by atoms with Crippen LogP contribution >= 0.6 is 23.4 Å². The van der Waals surface area contributed by atoms with Crippen LogP contribution in [0.1, 0.15) is 39.7 Å². The van der Waals surface area contributed by atoms with Gasteiger partial charge >= 0.3 is 0 Å². The highest BCUT2D eigenvalue weighted by molar-refractivity contribution is 8.00. The van der Waals surface area contributed by atoms with E-state index >= 15 is 0 Å². The smallest absolute Gasteiger partial charge is 0.255 e. The summed E-state index contributed by atoms with van der Waals surface area (Å²) in [5.74, 6) is 0.182. The average molecular weight is 556 g/mol. The van der Waals surface area contributed by atoms with E-state index in [1.165, 1.54) is 16.4 Å². The second kappa shape index (κ2) is 10.9. The molecular weight excluding hydrogens is 530 g/mol. The average Bonchev–Trinajstić information content (AvgIpc) is 3.57. The summed E-state index contributed by atoms with van der Waals surface area (Å²) in [5.41, 5.74) is 2.93. The Morgan fingerprint density at radius 3 is 2.24 bits per heavy atom. The first kappa shape index (κ1) is 25.8. The number of halogens is 1. The lowest BCUT2D eigenvalue weighted by Gasteiger charge is -2.24. The van der Waals surface area contributed by atoms with Gasteiger partial charge in [-0.05, 0) is 72.5 Å². The van der Waals surface area contributed by atoms with Crippen LogP contribution in [0.3, 0.4) is 0 Å². The fourth-order valence-electron chi connectivity index (χ4n) is 4.48. The van der Waals surface area contributed by atoms with Crippen molar-refractivity contribution in [2.75, 3.05) is 24.2 Å². The van der Waals surface area contributed by atoms with Gasteiger partial charge in [0.15, 0.2) is 0 Å². The fraction of sp³-hybridized carbons (Fsp3) is 0.259. The van der Waals surface area contributed by atoms with E-state index in [2.05, 4.69) is 5.32 Å². The molecule has 2 saturated heterocycles. The van der Waals surface area contributed by atoms with Crippen LogP contribution in [0.2, 0.25) is 5.02 Å². The van der Waals surface area contributed by atoms with Crippen molar-refractivity contribution in [1.29, 1.82) is 0 Å². The van der Waals surface area contributed by atoms with Gasteiger partial charge in [0, 0.05) is 35.9 Å². The van der Waals surface area contributed by atoms with E-state index in [1.807, 2.05) is 41.3 Å². The lowest BCUT2D eigenvalue weighted by molar-refractivity contribution is -0.128. The molecule has 3 aromatic carbocycles. The molecule has 2 aliphatic heterocycles. The number of carbonyl (C=O) groups is 2. The van der Waals surface area contributed by atoms with Crippen LogP contribution in [0.4, 0.5) is 5.69 Å². The van der Waals surface area contributed by atoms with Gasteiger partial charge in [0.2, 0.25) is 15.9 Å². The molecule has 37 heavy (non-hydrogen) atoms. The number of hydrogen-bond acceptors (Lipinski definition) is 5. The Balaban J connectivity index is 1.24. The summed E-state index contributed by atoms with van der Waals surface area (Å²) in [5, 5.41) is 3.34. The minimum atomic E-state index is -3.49. The Labute approximate surface area is 225 Å². The Morgan fingerprint density at radius 2 is 1.59 bits per heavy atom. The first-order valence-electron chi connectivity index (χ1n) is 12.0. The number of sulfonamides is 1. The van der Waals surface area contributed by atoms with Crippen molar-refractivity contribution in [2.45, 2.75) is 29.7 Å². The van der Waals surface area contributed by atoms with E-state index in [9.17, 15) is 18.0 Å². The predicted octanol–water partition coefficient (Wildman–Crippen LogP) is 5.15. The molecule has 0 aromatic heterocycles. The number of nitrogens with zero attached hydrogens (tertiary/aromatic N) is 2. The first-order chi connectivity index (χ1) is 17.8. The normalized spacial score (nSPS) is 18.4. The molecule has 0 saturated carbocycles. The fourth-order valence-corrected chi connectivity index (χ4v) is 7.31. The standard InChI is InChI=1S/C27H26ClN3O4S2/c28-22-9-3-19(4-10-22)17-31-25(32)18-36-27(31)21-7-5-20(6-8-21)26(33)29-23-11-13-24(14-12-23)37(34,35)30-15-1-2-16-30/h3-14,27H,1-2,15-18H2,(H,29,33)/t27-/m1/s1. The van der Waals surface area contributed by atoms with Crippen LogP contribution in [0.15, 0.2) is 77.7 Å². The second-order valence-corrected chi connectivity index (χ2v) is 12.5. The lowest BCUT2D eigenvalue weighted by atomic mass is 10.1. The molecule has 5 rings (SSSR count). The zero-order valence-corrected chi connectivity index (χ0v) is 22.4. The van der Waals surface area contributed by atoms with Crippen LogP contribution in [-0.4, -0.2) is 48.3 Å². The van der Waals surface area contributed by atoms with Gasteiger partial charge in [-0.1, -0.05) is 35.9 Å². The summed E-state index contributed by atoms with van der Waals surface area (Å²) < 4.78 is 26.9. The second-order valence-electron chi connectivity index (χ2n) is 9.02. The first-order valence-corrected chi connectivity index (χ1v) is 14.8. The molecule has 2 fully saturated rings. The van der Waals surface area contributed by atoms with Gasteiger partial charge in [-0.15, -0.1) is 11.8 Å². The number of benzene rings is 3. The topological polar surface area (TPSA) is 86.8 Å². The summed E-state index contributed by atoms with van der Waals surface area (Å²) in [4.78, 5) is 27.4. The number of amides is 2. The molecule has 1 N–H and O–H groups in total. The van der Waals surface area contributed by atoms with Gasteiger partial charge in [-0.2, -0.15) is 4.31 Å². The van der Waals surface area contributed by atoms with Crippen LogP contribution in [0.25, 0.3) is 0 Å². The largest absolute Gasteiger partial charge is 0.322 e. The van der Waals surface area contributed by atoms with E-state index < -0.39 is 10.0 Å². The molecule has 2 heterocycles. The summed E-state index contributed by atoms with van der Waals surface area (Å²) in [6, 6.07) is 20.9. The maximum Gasteiger partial charge on any atom is 0.255 e. The molecule has 0 aliphatic carbocycles. The zero-order valence-electron chi connectivity index (χ0n) is 20.0. The quantitative estimate of drug-likeness (QED) is 0.435. The van der Waals surface area contributed by atoms with Crippen molar-refractivity contribution in [2.24, 2.45) is 0 Å². The number of carbonyl (C=O) groups excluding carboxylic acids is 2. The lowest BCUT2D eigenvalue weighted by Crippen LogP contribution is -2.27. The van der Waals surface area contributed by atoms with Gasteiger partial charge < -0.3 is 10.2 Å². The summed E-state index contributed by atoms with van der Waals surface area (Å²) in [6.45, 7) is 1.58. The molecule has 1 atom stereocenters. The molecule has 2 amide bonds. The summed E-state index contributed by atoms with van der Waals surface area (Å²) in [7, 11) is -3.49. The molecular formula is C27H26ClN3O4S2. The molecule has 0 bridgehead atoms. The number of thioether (sulfide) groups is 1. The molecule has 0 radical (unpaired) electrons. The van der Waals surface area contributed by atoms with E-state index in [-0.39, 0.29) is 22.1 Å². The van der Waals surface area contributed by atoms with E-state index in [0.29, 0.717) is 41.7 Å². The molecule has 3 aromatic rings. The third-order valence-corrected chi connectivity index (χ3v) is 9.93. The van der Waals surface area contributed by atoms with Crippen LogP contribution in [0, 0.1) is 0 Å². The highest BCUT2D eigenvalue weighted by Crippen LogP contribution is 2.39. The molecule has 0 unspecified atom stereocenters. The molecule has 192 valence electrons. The van der Waals surface area contributed by atoms with Crippen molar-refractivity contribution in [1.82, 2.24) is 9.21 Å². The molecule has 0 spiro atoms. The van der Waals surface area contributed by atoms with Gasteiger partial charge in [-0.3, -0.25) is 9.59 Å². The number of anilines is 1. The Morgan fingerprint density at radius 1 is 0.946 bits per heavy atom. The van der Waals surface area contributed by atoms with Crippen molar-refractivity contribution in [3.05, 3.63) is 94.5 Å². The van der Waals surface area contributed by atoms with Crippen molar-refractivity contribution >= 4 is 50.9 Å². The summed E-state index contributed by atoms with van der Waals surface area (Å²) in [6.07, 6.45) is 1.75. The monoisotopic (exact) mass is 555 g/mol. The zero-order chi connectivity index (χ0) is 26.0. The van der Waals surface area contributed by atoms with Crippen LogP contribution < -0.4 is 5.32 Å². The third kappa shape index (κ3) is 5.70. The Kier molecular flexibility index (Phi) is 7.57. The van der Waals surface area contributed by atoms with E-state index in [4.69, 9.17) is 11.6 Å². The summed E-state index contributed by atoms with van der Waals surface area (Å²) >= 11 is 7.54. The molecule has 10 heteroatoms. The van der Waals surface area contributed by atoms with Crippen LogP contribution in [-0.2, 0) is 21.4 Å². The number of rotatable bonds is 7. The van der Waals surface area contributed by atoms with Gasteiger partial charge in [0.25, 0.3) is 5.91 Å². The number of hydrogen-bond donors (Lipinski definition) is 1. The highest BCUT2D eigenvalue weighted by Gasteiger charge is 2.33. The minimum absolute atomic E-state index is 0.0713. The minimum Gasteiger partial charge on any atom is -0.322 e. The Bertz CT molecular complexity index is 1390. The highest BCUT2D eigenvalue weighted by atomic mass is 35.5. The van der Waals surface area contributed by atoms with E-state index in [1.54, 1.807) is 36.0 Å². The van der Waals surface area contributed by atoms with Gasteiger partial charge in [0.05, 0.1) is 10.6 Å². The predicted molar refractivity (Wildman–Crippen MR) is 146 cm³/mol. The van der Waals surface area contributed by atoms with Crippen molar-refractivity contribution in [3.8, 4) is 0 Å². The van der Waals surface area contributed by atoms with Gasteiger partial charge in [0.1, 0.15) is 5.37 Å². The maximum absolute atomic E-state index is 12.8. The van der Waals surface area contributed by atoms with E-state index in [0.717, 1.165) is 24.0 Å². The third-order valence-electron chi connectivity index (χ3n) is 6.51. The van der Waals surface area contributed by atoms with Gasteiger partial charge in [-0.25, -0.2) is 8.42 Å². The molecule has 2 aliphatic rings. The number of nitrogens with one attached hydrogen (secondary N) is 1. The Hall–Kier alpha value is -2.85. The SMILES string of the molecule is O=C(Nc1ccc(S(=O)(=O)N2CCCC2)cc1)c1ccc([C@H]2SCC(=O)N2Cc2ccc(Cl)cc2)cc1.